The number of amides is 1. The molecule has 0 aliphatic carbocycles. The van der Waals surface area contributed by atoms with Crippen LogP contribution in [0.1, 0.15) is 24.1 Å². The van der Waals surface area contributed by atoms with Crippen molar-refractivity contribution < 1.29 is 9.90 Å². The van der Waals surface area contributed by atoms with Crippen LogP contribution in [0.2, 0.25) is 0 Å². The molecule has 4 nitrogen and oxygen atoms in total. The summed E-state index contributed by atoms with van der Waals surface area (Å²) in [5.74, 6) is -0.494. The molecule has 4 heteroatoms. The fourth-order valence-electron chi connectivity index (χ4n) is 2.13. The highest BCUT2D eigenvalue weighted by molar-refractivity contribution is 5.92. The molecule has 0 saturated carbocycles. The van der Waals surface area contributed by atoms with Gasteiger partial charge in [0.2, 0.25) is 5.91 Å². The molecule has 4 N–H and O–H groups in total. The van der Waals surface area contributed by atoms with Gasteiger partial charge in [-0.05, 0) is 23.3 Å². The molecular weight excluding hydrogens is 264 g/mol. The van der Waals surface area contributed by atoms with Gasteiger partial charge >= 0.3 is 0 Å². The number of nitrogens with two attached hydrogens (primary N) is 1. The molecule has 1 amide bonds. The molecule has 2 atom stereocenters. The molecule has 0 saturated heterocycles. The van der Waals surface area contributed by atoms with E-state index >= 15 is 0 Å². The zero-order chi connectivity index (χ0) is 15.2. The summed E-state index contributed by atoms with van der Waals surface area (Å²) >= 11 is 0. The van der Waals surface area contributed by atoms with Gasteiger partial charge in [-0.2, -0.15) is 0 Å². The molecule has 21 heavy (non-hydrogen) atoms. The molecule has 0 bridgehead atoms. The van der Waals surface area contributed by atoms with Crippen molar-refractivity contribution in [3.8, 4) is 0 Å². The SMILES string of the molecule is CC(C(=O)Nc1cccc(CO)c1)C(N)c1ccccc1. The lowest BCUT2D eigenvalue weighted by molar-refractivity contribution is -0.120. The van der Waals surface area contributed by atoms with Crippen molar-refractivity contribution >= 4 is 11.6 Å². The predicted octanol–water partition coefficient (Wildman–Crippen LogP) is 2.45. The summed E-state index contributed by atoms with van der Waals surface area (Å²) in [6, 6.07) is 16.3. The summed E-state index contributed by atoms with van der Waals surface area (Å²) in [5, 5.41) is 11.9. The fraction of sp³-hybridized carbons (Fsp3) is 0.235. The Hall–Kier alpha value is -2.17. The van der Waals surface area contributed by atoms with Gasteiger partial charge < -0.3 is 16.2 Å². The molecule has 0 aliphatic heterocycles. The maximum absolute atomic E-state index is 12.3. The highest BCUT2D eigenvalue weighted by Gasteiger charge is 2.22. The van der Waals surface area contributed by atoms with Crippen LogP contribution in [-0.2, 0) is 11.4 Å². The van der Waals surface area contributed by atoms with Crippen LogP contribution >= 0.6 is 0 Å². The Kier molecular flexibility index (Phi) is 5.09. The number of nitrogens with one attached hydrogen (secondary N) is 1. The molecule has 0 aliphatic rings. The van der Waals surface area contributed by atoms with E-state index in [4.69, 9.17) is 10.8 Å². The summed E-state index contributed by atoms with van der Waals surface area (Å²) in [5.41, 5.74) is 8.51. The lowest BCUT2D eigenvalue weighted by Gasteiger charge is -2.20. The molecule has 2 unspecified atom stereocenters. The van der Waals surface area contributed by atoms with E-state index in [-0.39, 0.29) is 24.5 Å². The van der Waals surface area contributed by atoms with Gasteiger partial charge in [0.1, 0.15) is 0 Å². The minimum absolute atomic E-state index is 0.0528. The molecule has 2 rings (SSSR count). The zero-order valence-corrected chi connectivity index (χ0v) is 12.0. The number of hydrogen-bond acceptors (Lipinski definition) is 3. The first kappa shape index (κ1) is 15.2. The number of aliphatic hydroxyl groups excluding tert-OH is 1. The molecule has 0 spiro atoms. The van der Waals surface area contributed by atoms with Crippen LogP contribution < -0.4 is 11.1 Å². The lowest BCUT2D eigenvalue weighted by Crippen LogP contribution is -2.30. The summed E-state index contributed by atoms with van der Waals surface area (Å²) in [6.45, 7) is 1.76. The average molecular weight is 284 g/mol. The minimum atomic E-state index is -0.356. The van der Waals surface area contributed by atoms with E-state index in [0.29, 0.717) is 5.69 Å². The van der Waals surface area contributed by atoms with Crippen LogP contribution in [-0.4, -0.2) is 11.0 Å². The number of rotatable bonds is 5. The van der Waals surface area contributed by atoms with Crippen molar-refractivity contribution in [3.63, 3.8) is 0 Å². The van der Waals surface area contributed by atoms with Gasteiger partial charge in [-0.15, -0.1) is 0 Å². The summed E-state index contributed by atoms with van der Waals surface area (Å²) in [7, 11) is 0. The number of carbonyl (C=O) groups excluding carboxylic acids is 1. The Morgan fingerprint density at radius 1 is 1.19 bits per heavy atom. The van der Waals surface area contributed by atoms with E-state index in [2.05, 4.69) is 5.32 Å². The number of anilines is 1. The standard InChI is InChI=1S/C17H20N2O2/c1-12(16(18)14-7-3-2-4-8-14)17(21)19-15-9-5-6-13(10-15)11-20/h2-10,12,16,20H,11,18H2,1H3,(H,19,21). The first-order valence-corrected chi connectivity index (χ1v) is 6.93. The number of aliphatic hydroxyl groups is 1. The minimum Gasteiger partial charge on any atom is -0.392 e. The Morgan fingerprint density at radius 3 is 2.57 bits per heavy atom. The molecule has 2 aromatic rings. The van der Waals surface area contributed by atoms with E-state index in [9.17, 15) is 4.79 Å². The summed E-state index contributed by atoms with van der Waals surface area (Å²) in [6.07, 6.45) is 0. The molecule has 0 radical (unpaired) electrons. The molecule has 110 valence electrons. The van der Waals surface area contributed by atoms with Gasteiger partial charge in [-0.25, -0.2) is 0 Å². The van der Waals surface area contributed by atoms with Crippen LogP contribution in [0.3, 0.4) is 0 Å². The molecule has 0 fully saturated rings. The van der Waals surface area contributed by atoms with Gasteiger partial charge in [0, 0.05) is 11.7 Å². The molecular formula is C17H20N2O2. The number of hydrogen-bond donors (Lipinski definition) is 3. The maximum Gasteiger partial charge on any atom is 0.229 e. The second kappa shape index (κ2) is 7.02. The average Bonchev–Trinajstić information content (AvgIpc) is 2.54. The Morgan fingerprint density at radius 2 is 1.90 bits per heavy atom. The van der Waals surface area contributed by atoms with Crippen molar-refractivity contribution in [2.75, 3.05) is 5.32 Å². The van der Waals surface area contributed by atoms with Crippen LogP contribution in [0.25, 0.3) is 0 Å². The third kappa shape index (κ3) is 3.90. The third-order valence-electron chi connectivity index (χ3n) is 3.51. The monoisotopic (exact) mass is 284 g/mol. The van der Waals surface area contributed by atoms with Crippen LogP contribution in [0.4, 0.5) is 5.69 Å². The lowest BCUT2D eigenvalue weighted by atomic mass is 9.94. The normalized spacial score (nSPS) is 13.5. The second-order valence-electron chi connectivity index (χ2n) is 5.07. The van der Waals surface area contributed by atoms with Gasteiger partial charge in [-0.1, -0.05) is 49.4 Å². The van der Waals surface area contributed by atoms with Crippen LogP contribution in [0, 0.1) is 5.92 Å². The Balaban J connectivity index is 2.05. The third-order valence-corrected chi connectivity index (χ3v) is 3.51. The van der Waals surface area contributed by atoms with Crippen molar-refractivity contribution in [1.29, 1.82) is 0 Å². The largest absolute Gasteiger partial charge is 0.392 e. The van der Waals surface area contributed by atoms with Crippen molar-refractivity contribution in [1.82, 2.24) is 0 Å². The van der Waals surface area contributed by atoms with Gasteiger partial charge in [0.15, 0.2) is 0 Å². The zero-order valence-electron chi connectivity index (χ0n) is 12.0. The van der Waals surface area contributed by atoms with E-state index in [1.165, 1.54) is 0 Å². The fourth-order valence-corrected chi connectivity index (χ4v) is 2.13. The van der Waals surface area contributed by atoms with Gasteiger partial charge in [-0.3, -0.25) is 4.79 Å². The van der Waals surface area contributed by atoms with E-state index in [0.717, 1.165) is 11.1 Å². The molecule has 2 aromatic carbocycles. The van der Waals surface area contributed by atoms with Gasteiger partial charge in [0.05, 0.1) is 12.5 Å². The smallest absolute Gasteiger partial charge is 0.229 e. The van der Waals surface area contributed by atoms with Crippen molar-refractivity contribution in [2.45, 2.75) is 19.6 Å². The first-order chi connectivity index (χ1) is 10.1. The quantitative estimate of drug-likeness (QED) is 0.789. The highest BCUT2D eigenvalue weighted by Crippen LogP contribution is 2.21. The topological polar surface area (TPSA) is 75.3 Å². The summed E-state index contributed by atoms with van der Waals surface area (Å²) < 4.78 is 0. The van der Waals surface area contributed by atoms with Gasteiger partial charge in [0.25, 0.3) is 0 Å². The van der Waals surface area contributed by atoms with Crippen LogP contribution in [0.15, 0.2) is 54.6 Å². The highest BCUT2D eigenvalue weighted by atomic mass is 16.3. The molecule has 0 aromatic heterocycles. The number of benzene rings is 2. The second-order valence-corrected chi connectivity index (χ2v) is 5.07. The van der Waals surface area contributed by atoms with E-state index < -0.39 is 0 Å². The Bertz CT molecular complexity index is 599. The Labute approximate surface area is 124 Å². The van der Waals surface area contributed by atoms with Crippen molar-refractivity contribution in [2.24, 2.45) is 11.7 Å². The number of carbonyl (C=O) groups is 1. The first-order valence-electron chi connectivity index (χ1n) is 6.93. The maximum atomic E-state index is 12.3. The van der Waals surface area contributed by atoms with Crippen LogP contribution in [0.5, 0.6) is 0 Å². The van der Waals surface area contributed by atoms with E-state index in [1.54, 1.807) is 24.3 Å². The molecule has 0 heterocycles. The van der Waals surface area contributed by atoms with Crippen molar-refractivity contribution in [3.05, 3.63) is 65.7 Å². The van der Waals surface area contributed by atoms with E-state index in [1.807, 2.05) is 37.3 Å². The summed E-state index contributed by atoms with van der Waals surface area (Å²) in [4.78, 5) is 12.3. The predicted molar refractivity (Wildman–Crippen MR) is 83.5 cm³/mol.